The standard InChI is InChI=1S/C18H22BrN3O2/c1-21-16(4-5-20-21)13-3-2-6-22(11-13)12-14-9-17-18(10-15(14)19)24-8-7-23-17/h4-5,9-10,13H,2-3,6-8,11-12H2,1H3/t13-/m0/s1. The van der Waals surface area contributed by atoms with E-state index in [9.17, 15) is 0 Å². The third-order valence-electron chi connectivity index (χ3n) is 4.89. The van der Waals surface area contributed by atoms with E-state index < -0.39 is 0 Å². The topological polar surface area (TPSA) is 39.5 Å². The third kappa shape index (κ3) is 3.17. The first-order valence-corrected chi connectivity index (χ1v) is 9.28. The van der Waals surface area contributed by atoms with Gasteiger partial charge in [0.05, 0.1) is 0 Å². The van der Waals surface area contributed by atoms with Gasteiger partial charge in [0.1, 0.15) is 13.2 Å². The molecule has 5 nitrogen and oxygen atoms in total. The van der Waals surface area contributed by atoms with Crippen LogP contribution in [-0.2, 0) is 13.6 Å². The van der Waals surface area contributed by atoms with Crippen molar-refractivity contribution in [1.82, 2.24) is 14.7 Å². The minimum atomic E-state index is 0.558. The van der Waals surface area contributed by atoms with E-state index in [2.05, 4.69) is 38.1 Å². The summed E-state index contributed by atoms with van der Waals surface area (Å²) < 4.78 is 14.5. The zero-order chi connectivity index (χ0) is 16.5. The number of hydrogen-bond acceptors (Lipinski definition) is 4. The maximum absolute atomic E-state index is 5.73. The molecular formula is C18H22BrN3O2. The number of hydrogen-bond donors (Lipinski definition) is 0. The van der Waals surface area contributed by atoms with Gasteiger partial charge in [-0.25, -0.2) is 0 Å². The first kappa shape index (κ1) is 16.0. The van der Waals surface area contributed by atoms with Gasteiger partial charge in [-0.3, -0.25) is 9.58 Å². The third-order valence-corrected chi connectivity index (χ3v) is 5.63. The molecule has 0 saturated carbocycles. The zero-order valence-electron chi connectivity index (χ0n) is 13.9. The van der Waals surface area contributed by atoms with Crippen molar-refractivity contribution in [3.8, 4) is 11.5 Å². The Bertz CT molecular complexity index is 731. The van der Waals surface area contributed by atoms with Gasteiger partial charge in [-0.2, -0.15) is 5.10 Å². The lowest BCUT2D eigenvalue weighted by Crippen LogP contribution is -2.34. The van der Waals surface area contributed by atoms with Crippen molar-refractivity contribution < 1.29 is 9.47 Å². The summed E-state index contributed by atoms with van der Waals surface area (Å²) in [6.45, 7) is 4.37. The number of aromatic nitrogens is 2. The van der Waals surface area contributed by atoms with Crippen molar-refractivity contribution in [1.29, 1.82) is 0 Å². The highest BCUT2D eigenvalue weighted by Crippen LogP contribution is 2.36. The lowest BCUT2D eigenvalue weighted by molar-refractivity contribution is 0.169. The first-order valence-electron chi connectivity index (χ1n) is 8.49. The number of benzene rings is 1. The van der Waals surface area contributed by atoms with E-state index >= 15 is 0 Å². The molecule has 1 fully saturated rings. The van der Waals surface area contributed by atoms with E-state index in [0.29, 0.717) is 19.1 Å². The fourth-order valence-electron chi connectivity index (χ4n) is 3.69. The monoisotopic (exact) mass is 391 g/mol. The number of nitrogens with zero attached hydrogens (tertiary/aromatic N) is 3. The second-order valence-electron chi connectivity index (χ2n) is 6.54. The van der Waals surface area contributed by atoms with E-state index in [1.807, 2.05) is 24.0 Å². The van der Waals surface area contributed by atoms with Gasteiger partial charge >= 0.3 is 0 Å². The molecule has 2 aliphatic heterocycles. The normalized spacial score (nSPS) is 21.0. The van der Waals surface area contributed by atoms with Crippen molar-refractivity contribution in [2.45, 2.75) is 25.3 Å². The van der Waals surface area contributed by atoms with Gasteiger partial charge in [0.2, 0.25) is 0 Å². The fourth-order valence-corrected chi connectivity index (χ4v) is 4.14. The van der Waals surface area contributed by atoms with Crippen LogP contribution < -0.4 is 9.47 Å². The number of piperidine rings is 1. The summed E-state index contributed by atoms with van der Waals surface area (Å²) in [5.74, 6) is 2.25. The molecule has 0 spiro atoms. The van der Waals surface area contributed by atoms with Gasteiger partial charge in [0, 0.05) is 42.4 Å². The molecule has 2 aliphatic rings. The number of aryl methyl sites for hydroxylation is 1. The molecule has 0 radical (unpaired) electrons. The maximum Gasteiger partial charge on any atom is 0.162 e. The highest BCUT2D eigenvalue weighted by molar-refractivity contribution is 9.10. The van der Waals surface area contributed by atoms with Gasteiger partial charge in [-0.05, 0) is 43.1 Å². The molecule has 1 aromatic carbocycles. The van der Waals surface area contributed by atoms with E-state index in [4.69, 9.17) is 9.47 Å². The second kappa shape index (κ2) is 6.76. The van der Waals surface area contributed by atoms with Gasteiger partial charge in [-0.15, -0.1) is 0 Å². The number of ether oxygens (including phenoxy) is 2. The lowest BCUT2D eigenvalue weighted by Gasteiger charge is -2.33. The Hall–Kier alpha value is -1.53. The largest absolute Gasteiger partial charge is 0.486 e. The summed E-state index contributed by atoms with van der Waals surface area (Å²) in [5.41, 5.74) is 2.59. The van der Waals surface area contributed by atoms with Gasteiger partial charge < -0.3 is 9.47 Å². The Balaban J connectivity index is 1.50. The lowest BCUT2D eigenvalue weighted by atomic mass is 9.94. The van der Waals surface area contributed by atoms with Crippen LogP contribution in [0.1, 0.15) is 30.0 Å². The van der Waals surface area contributed by atoms with Crippen LogP contribution in [-0.4, -0.2) is 41.0 Å². The Morgan fingerprint density at radius 1 is 1.25 bits per heavy atom. The zero-order valence-corrected chi connectivity index (χ0v) is 15.5. The van der Waals surface area contributed by atoms with E-state index in [1.54, 1.807) is 0 Å². The average Bonchev–Trinajstić information content (AvgIpc) is 3.02. The van der Waals surface area contributed by atoms with Gasteiger partial charge in [-0.1, -0.05) is 15.9 Å². The quantitative estimate of drug-likeness (QED) is 0.804. The fraction of sp³-hybridized carbons (Fsp3) is 0.500. The molecule has 6 heteroatoms. The highest BCUT2D eigenvalue weighted by atomic mass is 79.9. The molecule has 1 aromatic heterocycles. The Kier molecular flexibility index (Phi) is 4.50. The molecule has 3 heterocycles. The molecule has 24 heavy (non-hydrogen) atoms. The maximum atomic E-state index is 5.73. The van der Waals surface area contributed by atoms with E-state index in [1.165, 1.54) is 24.1 Å². The molecule has 0 N–H and O–H groups in total. The van der Waals surface area contributed by atoms with Crippen LogP contribution in [0.3, 0.4) is 0 Å². The Morgan fingerprint density at radius 2 is 2.04 bits per heavy atom. The smallest absolute Gasteiger partial charge is 0.162 e. The predicted octanol–water partition coefficient (Wildman–Crippen LogP) is 3.33. The van der Waals surface area contributed by atoms with Crippen LogP contribution in [0, 0.1) is 0 Å². The second-order valence-corrected chi connectivity index (χ2v) is 7.40. The summed E-state index contributed by atoms with van der Waals surface area (Å²) in [5, 5.41) is 4.32. The SMILES string of the molecule is Cn1nccc1[C@H]1CCCN(Cc2cc3c(cc2Br)OCCO3)C1. The van der Waals surface area contributed by atoms with Crippen molar-refractivity contribution in [3.63, 3.8) is 0 Å². The van der Waals surface area contributed by atoms with Crippen LogP contribution in [0.25, 0.3) is 0 Å². The molecular weight excluding hydrogens is 370 g/mol. The number of likely N-dealkylation sites (tertiary alicyclic amines) is 1. The molecule has 0 amide bonds. The summed E-state index contributed by atoms with van der Waals surface area (Å²) in [6, 6.07) is 6.30. The van der Waals surface area contributed by atoms with Gasteiger partial charge in [0.15, 0.2) is 11.5 Å². The minimum Gasteiger partial charge on any atom is -0.486 e. The van der Waals surface area contributed by atoms with Crippen LogP contribution in [0.15, 0.2) is 28.9 Å². The van der Waals surface area contributed by atoms with Crippen LogP contribution in [0.4, 0.5) is 0 Å². The summed E-state index contributed by atoms with van der Waals surface area (Å²) in [4.78, 5) is 2.53. The highest BCUT2D eigenvalue weighted by Gasteiger charge is 2.24. The van der Waals surface area contributed by atoms with Crippen LogP contribution in [0.5, 0.6) is 11.5 Å². The number of halogens is 1. The first-order chi connectivity index (χ1) is 11.7. The molecule has 0 aliphatic carbocycles. The number of rotatable bonds is 3. The van der Waals surface area contributed by atoms with Crippen molar-refractivity contribution in [2.75, 3.05) is 26.3 Å². The molecule has 0 unspecified atom stereocenters. The minimum absolute atomic E-state index is 0.558. The Labute approximate surface area is 150 Å². The van der Waals surface area contributed by atoms with E-state index in [-0.39, 0.29) is 0 Å². The van der Waals surface area contributed by atoms with Crippen LogP contribution >= 0.6 is 15.9 Å². The van der Waals surface area contributed by atoms with Crippen molar-refractivity contribution in [3.05, 3.63) is 40.1 Å². The van der Waals surface area contributed by atoms with E-state index in [0.717, 1.165) is 35.6 Å². The van der Waals surface area contributed by atoms with Crippen molar-refractivity contribution >= 4 is 15.9 Å². The number of fused-ring (bicyclic) bond motifs is 1. The molecule has 0 bridgehead atoms. The summed E-state index contributed by atoms with van der Waals surface area (Å²) in [6.07, 6.45) is 4.35. The Morgan fingerprint density at radius 3 is 2.79 bits per heavy atom. The molecule has 128 valence electrons. The average molecular weight is 392 g/mol. The van der Waals surface area contributed by atoms with Gasteiger partial charge in [0.25, 0.3) is 0 Å². The molecule has 2 aromatic rings. The van der Waals surface area contributed by atoms with Crippen LogP contribution in [0.2, 0.25) is 0 Å². The molecule has 1 saturated heterocycles. The molecule has 4 rings (SSSR count). The molecule has 1 atom stereocenters. The summed E-state index contributed by atoms with van der Waals surface area (Å²) >= 11 is 3.69. The predicted molar refractivity (Wildman–Crippen MR) is 95.6 cm³/mol. The summed E-state index contributed by atoms with van der Waals surface area (Å²) in [7, 11) is 2.03. The van der Waals surface area contributed by atoms with Crippen molar-refractivity contribution in [2.24, 2.45) is 7.05 Å².